The molecule has 0 bridgehead atoms. The summed E-state index contributed by atoms with van der Waals surface area (Å²) in [6.45, 7) is 2.60. The number of hydrogen-bond donors (Lipinski definition) is 0. The fourth-order valence-electron chi connectivity index (χ4n) is 0.144. The molecule has 1 atom stereocenters. The van der Waals surface area contributed by atoms with Gasteiger partial charge in [-0.05, 0) is 0 Å². The van der Waals surface area contributed by atoms with Crippen molar-refractivity contribution in [3.05, 3.63) is 0 Å². The average molecular weight is 120 g/mol. The van der Waals surface area contributed by atoms with Crippen molar-refractivity contribution in [1.82, 2.24) is 0 Å². The predicted octanol–water partition coefficient (Wildman–Crippen LogP) is 0.698. The molecule has 0 radical (unpaired) electrons. The van der Waals surface area contributed by atoms with Crippen LogP contribution in [0.2, 0.25) is 0 Å². The van der Waals surface area contributed by atoms with Crippen LogP contribution in [-0.2, 0) is 16.3 Å². The quantitative estimate of drug-likeness (QED) is 0.391. The van der Waals surface area contributed by atoms with Gasteiger partial charge in [0.2, 0.25) is 0 Å². The van der Waals surface area contributed by atoms with E-state index in [1.807, 2.05) is 6.92 Å². The molecule has 1 nitrogen and oxygen atoms in total. The summed E-state index contributed by atoms with van der Waals surface area (Å²) >= 11 is 4.61. The van der Waals surface area contributed by atoms with Gasteiger partial charge in [-0.1, -0.05) is 0 Å². The fraction of sp³-hybridized carbons (Fsp3) is 1.00. The van der Waals surface area contributed by atoms with Gasteiger partial charge in [0.1, 0.15) is 0 Å². The summed E-state index contributed by atoms with van der Waals surface area (Å²) in [5, 5.41) is 0. The van der Waals surface area contributed by atoms with Crippen LogP contribution in [0.25, 0.3) is 0 Å². The Bertz CT molecular complexity index is 81.5. The van der Waals surface area contributed by atoms with Crippen LogP contribution < -0.4 is 0 Å². The molecule has 0 aliphatic rings. The second kappa shape index (κ2) is 3.73. The Morgan fingerprint density at radius 1 is 2.00 bits per heavy atom. The Morgan fingerprint density at radius 2 is 2.50 bits per heavy atom. The van der Waals surface area contributed by atoms with E-state index in [0.717, 1.165) is 0 Å². The molecular formula is C2H6BOPS. The summed E-state index contributed by atoms with van der Waals surface area (Å²) < 4.78 is 4.81. The number of rotatable bonds is 2. The minimum absolute atomic E-state index is 0.693. The van der Waals surface area contributed by atoms with Crippen molar-refractivity contribution in [3.8, 4) is 0 Å². The summed E-state index contributed by atoms with van der Waals surface area (Å²) in [6.07, 6.45) is -0.767. The molecule has 0 heterocycles. The molecule has 0 aliphatic heterocycles. The molecule has 4 heteroatoms. The van der Waals surface area contributed by atoms with Gasteiger partial charge < -0.3 is 0 Å². The van der Waals surface area contributed by atoms with E-state index in [1.165, 1.54) is 0 Å². The first-order valence-electron chi connectivity index (χ1n) is 1.68. The Kier molecular flexibility index (Phi) is 4.06. The zero-order valence-electron chi connectivity index (χ0n) is 3.68. The molecule has 0 rings (SSSR count). The van der Waals surface area contributed by atoms with Gasteiger partial charge in [-0.3, -0.25) is 0 Å². The van der Waals surface area contributed by atoms with E-state index in [-0.39, 0.29) is 0 Å². The zero-order valence-corrected chi connectivity index (χ0v) is 5.39. The van der Waals surface area contributed by atoms with Gasteiger partial charge in [-0.15, -0.1) is 0 Å². The van der Waals surface area contributed by atoms with Crippen LogP contribution in [0.5, 0.6) is 0 Å². The molecule has 0 aliphatic carbocycles. The maximum atomic E-state index is 4.81. The fourth-order valence-corrected chi connectivity index (χ4v) is 0.748. The van der Waals surface area contributed by atoms with Gasteiger partial charge in [-0.25, -0.2) is 0 Å². The summed E-state index contributed by atoms with van der Waals surface area (Å²) in [6, 6.07) is 0. The zero-order chi connectivity index (χ0) is 4.99. The average Bonchev–Trinajstić information content (AvgIpc) is 1.35. The van der Waals surface area contributed by atoms with Crippen molar-refractivity contribution in [2.24, 2.45) is 0 Å². The van der Waals surface area contributed by atoms with Gasteiger partial charge in [0.25, 0.3) is 0 Å². The first-order chi connectivity index (χ1) is 2.77. The Morgan fingerprint density at radius 3 is 2.50 bits per heavy atom. The first kappa shape index (κ1) is 6.54. The summed E-state index contributed by atoms with van der Waals surface area (Å²) in [5.74, 6) is 0. The van der Waals surface area contributed by atoms with Crippen molar-refractivity contribution in [1.29, 1.82) is 0 Å². The van der Waals surface area contributed by atoms with Crippen molar-refractivity contribution < 1.29 is 4.52 Å². The molecule has 6 heavy (non-hydrogen) atoms. The summed E-state index contributed by atoms with van der Waals surface area (Å²) in [7, 11) is 3.49. The molecule has 0 fully saturated rings. The van der Waals surface area contributed by atoms with Crippen LogP contribution in [0, 0.1) is 0 Å². The van der Waals surface area contributed by atoms with Crippen molar-refractivity contribution >= 4 is 25.4 Å². The van der Waals surface area contributed by atoms with E-state index < -0.39 is 6.41 Å². The summed E-state index contributed by atoms with van der Waals surface area (Å²) in [5.41, 5.74) is 0. The van der Waals surface area contributed by atoms with Crippen LogP contribution in [0.15, 0.2) is 0 Å². The predicted molar refractivity (Wildman–Crippen MR) is 33.1 cm³/mol. The SMILES string of the molecule is B=P(=S)OCC. The van der Waals surface area contributed by atoms with E-state index >= 15 is 0 Å². The van der Waals surface area contributed by atoms with Crippen LogP contribution in [0.1, 0.15) is 6.92 Å². The third kappa shape index (κ3) is 4.54. The molecule has 34 valence electrons. The Balaban J connectivity index is 3.07. The molecule has 0 spiro atoms. The Hall–Kier alpha value is 0.545. The second-order valence-corrected chi connectivity index (χ2v) is 2.90. The molecule has 0 aromatic heterocycles. The van der Waals surface area contributed by atoms with Crippen LogP contribution >= 0.6 is 6.41 Å². The van der Waals surface area contributed by atoms with Crippen LogP contribution in [0.4, 0.5) is 0 Å². The Labute approximate surface area is 44.2 Å². The van der Waals surface area contributed by atoms with Crippen molar-refractivity contribution in [2.75, 3.05) is 6.61 Å². The van der Waals surface area contributed by atoms with Gasteiger partial charge in [0, 0.05) is 0 Å². The van der Waals surface area contributed by atoms with E-state index in [2.05, 4.69) is 19.0 Å². The van der Waals surface area contributed by atoms with Gasteiger partial charge in [0.05, 0.1) is 0 Å². The molecule has 0 saturated carbocycles. The first-order valence-corrected chi connectivity index (χ1v) is 4.14. The molecular weight excluding hydrogens is 114 g/mol. The van der Waals surface area contributed by atoms with Crippen molar-refractivity contribution in [3.63, 3.8) is 0 Å². The molecule has 0 aromatic carbocycles. The molecule has 0 amide bonds. The molecule has 0 saturated heterocycles. The van der Waals surface area contributed by atoms with Gasteiger partial charge in [-0.2, -0.15) is 0 Å². The van der Waals surface area contributed by atoms with E-state index in [4.69, 9.17) is 4.52 Å². The van der Waals surface area contributed by atoms with E-state index in [1.54, 1.807) is 0 Å². The maximum absolute atomic E-state index is 4.81. The monoisotopic (exact) mass is 120 g/mol. The third-order valence-electron chi connectivity index (χ3n) is 0.273. The van der Waals surface area contributed by atoms with Gasteiger partial charge in [0.15, 0.2) is 0 Å². The van der Waals surface area contributed by atoms with Gasteiger partial charge >= 0.3 is 43.5 Å². The van der Waals surface area contributed by atoms with E-state index in [9.17, 15) is 0 Å². The molecule has 0 aromatic rings. The number of hydrogen-bond acceptors (Lipinski definition) is 2. The van der Waals surface area contributed by atoms with E-state index in [0.29, 0.717) is 6.61 Å². The topological polar surface area (TPSA) is 9.23 Å². The normalized spacial score (nSPS) is 11.0. The van der Waals surface area contributed by atoms with Crippen LogP contribution in [0.3, 0.4) is 0 Å². The second-order valence-electron chi connectivity index (χ2n) is 0.751. The molecule has 0 N–H and O–H groups in total. The summed E-state index contributed by atoms with van der Waals surface area (Å²) in [4.78, 5) is 0. The van der Waals surface area contributed by atoms with Crippen LogP contribution in [-0.4, -0.2) is 13.8 Å². The standard InChI is InChI=1S/C2H6BOPS/c1-2-4-5(3)6/h3H,2H2,1H3. The third-order valence-corrected chi connectivity index (χ3v) is 1.14. The minimum atomic E-state index is -0.767. The van der Waals surface area contributed by atoms with Crippen molar-refractivity contribution in [2.45, 2.75) is 6.92 Å². The molecule has 1 unspecified atom stereocenters.